The molecule has 0 spiro atoms. The lowest BCUT2D eigenvalue weighted by Gasteiger charge is -2.09. The number of halogens is 1. The summed E-state index contributed by atoms with van der Waals surface area (Å²) in [5.74, 6) is -0.249. The van der Waals surface area contributed by atoms with E-state index in [-0.39, 0.29) is 5.97 Å². The number of hydrogen-bond donors (Lipinski definition) is 0. The quantitative estimate of drug-likeness (QED) is 0.376. The second-order valence-electron chi connectivity index (χ2n) is 5.10. The molecule has 1 rings (SSSR count). The minimum atomic E-state index is -0.249. The van der Waals surface area contributed by atoms with Gasteiger partial charge in [0.25, 0.3) is 0 Å². The van der Waals surface area contributed by atoms with Crippen molar-refractivity contribution in [2.75, 3.05) is 6.61 Å². The van der Waals surface area contributed by atoms with Crippen LogP contribution in [0.4, 0.5) is 0 Å². The van der Waals surface area contributed by atoms with Gasteiger partial charge in [0.2, 0.25) is 0 Å². The highest BCUT2D eigenvalue weighted by atomic mass is 79.9. The molecule has 1 fully saturated rings. The van der Waals surface area contributed by atoms with Crippen LogP contribution in [0.25, 0.3) is 0 Å². The summed E-state index contributed by atoms with van der Waals surface area (Å²) in [5.41, 5.74) is 2.17. The summed E-state index contributed by atoms with van der Waals surface area (Å²) < 4.78 is 6.28. The van der Waals surface area contributed by atoms with Crippen LogP contribution in [0.15, 0.2) is 22.2 Å². The molecule has 0 aromatic rings. The SMILES string of the molecule is C=C(CCCC(Br)=C1CCCCCC1)C(=O)OCC. The maximum absolute atomic E-state index is 11.4. The van der Waals surface area contributed by atoms with E-state index < -0.39 is 0 Å². The predicted octanol–water partition coefficient (Wildman–Crippen LogP) is 5.28. The highest BCUT2D eigenvalue weighted by Crippen LogP contribution is 2.30. The summed E-state index contributed by atoms with van der Waals surface area (Å²) in [4.78, 5) is 11.4. The lowest BCUT2D eigenvalue weighted by Crippen LogP contribution is -2.06. The average Bonchev–Trinajstić information content (AvgIpc) is 2.67. The number of carbonyl (C=O) groups excluding carboxylic acids is 1. The van der Waals surface area contributed by atoms with E-state index >= 15 is 0 Å². The maximum Gasteiger partial charge on any atom is 0.333 e. The third-order valence-electron chi connectivity index (χ3n) is 3.53. The lowest BCUT2D eigenvalue weighted by atomic mass is 10.0. The van der Waals surface area contributed by atoms with E-state index in [9.17, 15) is 4.79 Å². The van der Waals surface area contributed by atoms with Crippen LogP contribution in [0.5, 0.6) is 0 Å². The summed E-state index contributed by atoms with van der Waals surface area (Å²) in [6, 6.07) is 0. The zero-order chi connectivity index (χ0) is 14.1. The molecule has 0 aromatic carbocycles. The molecule has 2 nitrogen and oxygen atoms in total. The van der Waals surface area contributed by atoms with Crippen LogP contribution in [-0.4, -0.2) is 12.6 Å². The van der Waals surface area contributed by atoms with Crippen molar-refractivity contribution < 1.29 is 9.53 Å². The Morgan fingerprint density at radius 2 is 1.84 bits per heavy atom. The van der Waals surface area contributed by atoms with Crippen molar-refractivity contribution in [3.8, 4) is 0 Å². The van der Waals surface area contributed by atoms with Crippen LogP contribution >= 0.6 is 15.9 Å². The van der Waals surface area contributed by atoms with Gasteiger partial charge < -0.3 is 4.74 Å². The van der Waals surface area contributed by atoms with Gasteiger partial charge in [-0.05, 0) is 56.4 Å². The van der Waals surface area contributed by atoms with Gasteiger partial charge in [0.15, 0.2) is 0 Å². The number of hydrogen-bond acceptors (Lipinski definition) is 2. The van der Waals surface area contributed by atoms with E-state index in [2.05, 4.69) is 22.5 Å². The van der Waals surface area contributed by atoms with E-state index in [1.54, 1.807) is 5.57 Å². The van der Waals surface area contributed by atoms with E-state index in [0.717, 1.165) is 19.3 Å². The molecule has 0 radical (unpaired) electrons. The van der Waals surface area contributed by atoms with Crippen molar-refractivity contribution in [1.29, 1.82) is 0 Å². The zero-order valence-electron chi connectivity index (χ0n) is 12.0. The molecule has 0 heterocycles. The molecule has 0 amide bonds. The van der Waals surface area contributed by atoms with Gasteiger partial charge in [-0.25, -0.2) is 4.79 Å². The van der Waals surface area contributed by atoms with Gasteiger partial charge in [-0.3, -0.25) is 0 Å². The monoisotopic (exact) mass is 328 g/mol. The lowest BCUT2D eigenvalue weighted by molar-refractivity contribution is -0.138. The minimum absolute atomic E-state index is 0.249. The minimum Gasteiger partial charge on any atom is -0.463 e. The molecule has 1 aliphatic carbocycles. The molecule has 0 unspecified atom stereocenters. The van der Waals surface area contributed by atoms with Gasteiger partial charge in [-0.15, -0.1) is 0 Å². The fraction of sp³-hybridized carbons (Fsp3) is 0.688. The van der Waals surface area contributed by atoms with Gasteiger partial charge in [-0.1, -0.05) is 40.9 Å². The van der Waals surface area contributed by atoms with E-state index in [4.69, 9.17) is 4.74 Å². The number of carbonyl (C=O) groups is 1. The molecule has 0 N–H and O–H groups in total. The highest BCUT2D eigenvalue weighted by molar-refractivity contribution is 9.11. The van der Waals surface area contributed by atoms with Gasteiger partial charge in [0.05, 0.1) is 6.61 Å². The first-order valence-corrected chi connectivity index (χ1v) is 8.15. The fourth-order valence-electron chi connectivity index (χ4n) is 2.40. The van der Waals surface area contributed by atoms with Crippen molar-refractivity contribution in [2.24, 2.45) is 0 Å². The third kappa shape index (κ3) is 6.42. The van der Waals surface area contributed by atoms with Crippen LogP contribution in [0.3, 0.4) is 0 Å². The Balaban J connectivity index is 2.33. The molecule has 1 saturated carbocycles. The van der Waals surface area contributed by atoms with Crippen LogP contribution in [0.2, 0.25) is 0 Å². The summed E-state index contributed by atoms with van der Waals surface area (Å²) in [7, 11) is 0. The average molecular weight is 329 g/mol. The second kappa shape index (κ2) is 9.35. The van der Waals surface area contributed by atoms with Gasteiger partial charge in [-0.2, -0.15) is 0 Å². The summed E-state index contributed by atoms with van der Waals surface area (Å²) >= 11 is 3.73. The molecular weight excluding hydrogens is 304 g/mol. The van der Waals surface area contributed by atoms with E-state index in [1.165, 1.54) is 43.0 Å². The van der Waals surface area contributed by atoms with Crippen molar-refractivity contribution in [3.63, 3.8) is 0 Å². The Morgan fingerprint density at radius 1 is 1.21 bits per heavy atom. The standard InChI is InChI=1S/C16H25BrO2/c1-3-19-16(18)13(2)9-8-12-15(17)14-10-6-4-5-7-11-14/h2-12H2,1H3. The molecule has 3 heteroatoms. The first kappa shape index (κ1) is 16.5. The molecule has 19 heavy (non-hydrogen) atoms. The molecule has 1 aliphatic rings. The number of allylic oxidation sites excluding steroid dienone is 2. The van der Waals surface area contributed by atoms with Gasteiger partial charge in [0, 0.05) is 5.57 Å². The summed E-state index contributed by atoms with van der Waals surface area (Å²) in [6.07, 6.45) is 10.5. The van der Waals surface area contributed by atoms with E-state index in [0.29, 0.717) is 12.2 Å². The normalized spacial score (nSPS) is 15.8. The molecular formula is C16H25BrO2. The summed E-state index contributed by atoms with van der Waals surface area (Å²) in [6.45, 7) is 6.03. The molecule has 0 atom stereocenters. The van der Waals surface area contributed by atoms with Crippen LogP contribution < -0.4 is 0 Å². The van der Waals surface area contributed by atoms with Crippen molar-refractivity contribution in [3.05, 3.63) is 22.2 Å². The largest absolute Gasteiger partial charge is 0.463 e. The first-order chi connectivity index (χ1) is 9.15. The Morgan fingerprint density at radius 3 is 2.42 bits per heavy atom. The highest BCUT2D eigenvalue weighted by Gasteiger charge is 2.10. The molecule has 108 valence electrons. The van der Waals surface area contributed by atoms with Crippen molar-refractivity contribution in [2.45, 2.75) is 64.7 Å². The fourth-order valence-corrected chi connectivity index (χ4v) is 3.07. The topological polar surface area (TPSA) is 26.3 Å². The van der Waals surface area contributed by atoms with Crippen molar-refractivity contribution in [1.82, 2.24) is 0 Å². The zero-order valence-corrected chi connectivity index (χ0v) is 13.6. The van der Waals surface area contributed by atoms with Crippen molar-refractivity contribution >= 4 is 21.9 Å². The Bertz CT molecular complexity index is 335. The smallest absolute Gasteiger partial charge is 0.333 e. The van der Waals surface area contributed by atoms with Crippen LogP contribution in [0, 0.1) is 0 Å². The van der Waals surface area contributed by atoms with Gasteiger partial charge in [0.1, 0.15) is 0 Å². The molecule has 0 aliphatic heterocycles. The Labute approximate surface area is 125 Å². The van der Waals surface area contributed by atoms with Crippen LogP contribution in [-0.2, 0) is 9.53 Å². The number of esters is 1. The molecule has 0 bridgehead atoms. The Hall–Kier alpha value is -0.570. The summed E-state index contributed by atoms with van der Waals surface area (Å²) in [5, 5.41) is 0. The maximum atomic E-state index is 11.4. The third-order valence-corrected chi connectivity index (χ3v) is 4.49. The van der Waals surface area contributed by atoms with Gasteiger partial charge >= 0.3 is 5.97 Å². The Kier molecular flexibility index (Phi) is 8.11. The molecule has 0 aromatic heterocycles. The predicted molar refractivity (Wildman–Crippen MR) is 83.3 cm³/mol. The molecule has 0 saturated heterocycles. The van der Waals surface area contributed by atoms with Crippen LogP contribution in [0.1, 0.15) is 64.7 Å². The van der Waals surface area contributed by atoms with E-state index in [1.807, 2.05) is 6.92 Å². The second-order valence-corrected chi connectivity index (χ2v) is 6.06. The first-order valence-electron chi connectivity index (χ1n) is 7.36. The number of ether oxygens (including phenoxy) is 1. The number of rotatable bonds is 6.